The molecule has 1 nitrogen and oxygen atoms in total. The summed E-state index contributed by atoms with van der Waals surface area (Å²) in [5, 5.41) is 0. The highest BCUT2D eigenvalue weighted by atomic mass is 127. The van der Waals surface area contributed by atoms with E-state index in [0.29, 0.717) is 0 Å². The first-order valence-electron chi connectivity index (χ1n) is 10.3. The van der Waals surface area contributed by atoms with Crippen LogP contribution in [0.4, 0.5) is 0 Å². The molecule has 0 aliphatic carbocycles. The molecule has 0 aliphatic heterocycles. The van der Waals surface area contributed by atoms with Gasteiger partial charge >= 0.3 is 0 Å². The Morgan fingerprint density at radius 3 is 1.84 bits per heavy atom. The van der Waals surface area contributed by atoms with Gasteiger partial charge in [-0.25, -0.2) is 0 Å². The van der Waals surface area contributed by atoms with Crippen LogP contribution < -0.4 is 0 Å². The molecule has 1 heterocycles. The van der Waals surface area contributed by atoms with Crippen molar-refractivity contribution >= 4 is 22.6 Å². The lowest BCUT2D eigenvalue weighted by Gasteiger charge is -2.09. The summed E-state index contributed by atoms with van der Waals surface area (Å²) in [5.41, 5.74) is 8.16. The minimum absolute atomic E-state index is 0.883. The minimum atomic E-state index is 0.883. The molecule has 0 N–H and O–H groups in total. The SMILES string of the molecule is ICc1cccc(-c2ccccc2-c2cc(-c3ccccc3)c(-c3ccccc3)o2)c1. The molecule has 150 valence electrons. The number of rotatable bonds is 5. The third-order valence-corrected chi connectivity index (χ3v) is 6.32. The van der Waals surface area contributed by atoms with Crippen molar-refractivity contribution < 1.29 is 4.42 Å². The van der Waals surface area contributed by atoms with Gasteiger partial charge < -0.3 is 4.42 Å². The van der Waals surface area contributed by atoms with Crippen LogP contribution in [-0.2, 0) is 4.43 Å². The van der Waals surface area contributed by atoms with Gasteiger partial charge in [0.1, 0.15) is 11.5 Å². The normalized spacial score (nSPS) is 10.9. The molecule has 31 heavy (non-hydrogen) atoms. The van der Waals surface area contributed by atoms with Crippen molar-refractivity contribution in [2.45, 2.75) is 4.43 Å². The second-order valence-corrected chi connectivity index (χ2v) is 8.23. The summed E-state index contributed by atoms with van der Waals surface area (Å²) in [4.78, 5) is 0. The summed E-state index contributed by atoms with van der Waals surface area (Å²) < 4.78 is 7.55. The number of hydrogen-bond acceptors (Lipinski definition) is 1. The van der Waals surface area contributed by atoms with E-state index < -0.39 is 0 Å². The van der Waals surface area contributed by atoms with Gasteiger partial charge in [0.05, 0.1) is 0 Å². The highest BCUT2D eigenvalue weighted by Gasteiger charge is 2.18. The van der Waals surface area contributed by atoms with Gasteiger partial charge in [-0.15, -0.1) is 0 Å². The van der Waals surface area contributed by atoms with Crippen LogP contribution in [0.2, 0.25) is 0 Å². The first-order chi connectivity index (χ1) is 15.3. The molecule has 0 saturated heterocycles. The average Bonchev–Trinajstić information content (AvgIpc) is 3.31. The second kappa shape index (κ2) is 8.94. The number of benzene rings is 4. The van der Waals surface area contributed by atoms with E-state index >= 15 is 0 Å². The summed E-state index contributed by atoms with van der Waals surface area (Å²) in [7, 11) is 0. The summed E-state index contributed by atoms with van der Waals surface area (Å²) >= 11 is 2.41. The zero-order valence-corrected chi connectivity index (χ0v) is 19.1. The molecular formula is C29H21IO. The lowest BCUT2D eigenvalue weighted by Crippen LogP contribution is -1.85. The Labute approximate surface area is 196 Å². The Morgan fingerprint density at radius 2 is 1.13 bits per heavy atom. The molecule has 0 bridgehead atoms. The van der Waals surface area contributed by atoms with Gasteiger partial charge in [0.25, 0.3) is 0 Å². The molecule has 5 aromatic rings. The van der Waals surface area contributed by atoms with Crippen molar-refractivity contribution in [3.8, 4) is 44.9 Å². The highest BCUT2D eigenvalue weighted by molar-refractivity contribution is 14.1. The van der Waals surface area contributed by atoms with Gasteiger partial charge in [0.15, 0.2) is 0 Å². The van der Waals surface area contributed by atoms with E-state index in [1.165, 1.54) is 16.7 Å². The number of alkyl halides is 1. The standard InChI is InChI=1S/C29H21IO/c30-20-21-10-9-15-24(18-21)25-16-7-8-17-26(25)28-19-27(22-11-3-1-4-12-22)29(31-28)23-13-5-2-6-14-23/h1-19H,20H2. The van der Waals surface area contributed by atoms with Gasteiger partial charge in [-0.05, 0) is 28.3 Å². The third kappa shape index (κ3) is 4.08. The van der Waals surface area contributed by atoms with Gasteiger partial charge in [-0.3, -0.25) is 0 Å². The molecule has 5 rings (SSSR count). The molecule has 0 amide bonds. The van der Waals surface area contributed by atoms with Gasteiger partial charge in [-0.1, -0.05) is 132 Å². The first-order valence-corrected chi connectivity index (χ1v) is 11.9. The highest BCUT2D eigenvalue weighted by Crippen LogP contribution is 2.41. The predicted molar refractivity (Wildman–Crippen MR) is 138 cm³/mol. The van der Waals surface area contributed by atoms with Crippen molar-refractivity contribution in [3.63, 3.8) is 0 Å². The maximum atomic E-state index is 6.56. The monoisotopic (exact) mass is 512 g/mol. The van der Waals surface area contributed by atoms with Crippen molar-refractivity contribution in [1.29, 1.82) is 0 Å². The maximum Gasteiger partial charge on any atom is 0.142 e. The zero-order chi connectivity index (χ0) is 21.0. The Bertz CT molecular complexity index is 1250. The Kier molecular flexibility index (Phi) is 5.72. The predicted octanol–water partition coefficient (Wildman–Crippen LogP) is 8.88. The van der Waals surface area contributed by atoms with E-state index in [4.69, 9.17) is 4.42 Å². The smallest absolute Gasteiger partial charge is 0.142 e. The molecule has 4 aromatic carbocycles. The number of halogens is 1. The van der Waals surface area contributed by atoms with Crippen LogP contribution in [-0.4, -0.2) is 0 Å². The van der Waals surface area contributed by atoms with E-state index in [-0.39, 0.29) is 0 Å². The van der Waals surface area contributed by atoms with Gasteiger partial charge in [0.2, 0.25) is 0 Å². The Morgan fingerprint density at radius 1 is 0.516 bits per heavy atom. The van der Waals surface area contributed by atoms with Crippen LogP contribution in [0.1, 0.15) is 5.56 Å². The molecule has 0 fully saturated rings. The topological polar surface area (TPSA) is 13.1 Å². The van der Waals surface area contributed by atoms with Crippen molar-refractivity contribution in [1.82, 2.24) is 0 Å². The van der Waals surface area contributed by atoms with E-state index in [9.17, 15) is 0 Å². The fourth-order valence-electron chi connectivity index (χ4n) is 3.93. The van der Waals surface area contributed by atoms with Crippen molar-refractivity contribution in [3.05, 3.63) is 121 Å². The van der Waals surface area contributed by atoms with Crippen molar-refractivity contribution in [2.24, 2.45) is 0 Å². The van der Waals surface area contributed by atoms with Crippen LogP contribution in [0.5, 0.6) is 0 Å². The van der Waals surface area contributed by atoms with Crippen molar-refractivity contribution in [2.75, 3.05) is 0 Å². The number of hydrogen-bond donors (Lipinski definition) is 0. The van der Waals surface area contributed by atoms with Gasteiger partial charge in [0, 0.05) is 21.1 Å². The van der Waals surface area contributed by atoms with Crippen LogP contribution >= 0.6 is 22.6 Å². The molecule has 0 atom stereocenters. The maximum absolute atomic E-state index is 6.56. The third-order valence-electron chi connectivity index (χ3n) is 5.44. The summed E-state index contributed by atoms with van der Waals surface area (Å²) in [5.74, 6) is 1.78. The molecule has 1 aromatic heterocycles. The Hall–Kier alpha value is -3.11. The van der Waals surface area contributed by atoms with Crippen LogP contribution in [0.15, 0.2) is 120 Å². The van der Waals surface area contributed by atoms with E-state index in [2.05, 4.69) is 126 Å². The molecule has 0 spiro atoms. The molecular weight excluding hydrogens is 491 g/mol. The van der Waals surface area contributed by atoms with E-state index in [0.717, 1.165) is 38.2 Å². The second-order valence-electron chi connectivity index (χ2n) is 7.47. The molecule has 0 unspecified atom stereocenters. The fraction of sp³-hybridized carbons (Fsp3) is 0.0345. The summed E-state index contributed by atoms with van der Waals surface area (Å²) in [6.07, 6.45) is 0. The fourth-order valence-corrected chi connectivity index (χ4v) is 4.41. The van der Waals surface area contributed by atoms with Crippen LogP contribution in [0.3, 0.4) is 0 Å². The average molecular weight is 512 g/mol. The largest absolute Gasteiger partial charge is 0.455 e. The van der Waals surface area contributed by atoms with Crippen LogP contribution in [0.25, 0.3) is 44.9 Å². The first kappa shape index (κ1) is 19.8. The lowest BCUT2D eigenvalue weighted by atomic mass is 9.96. The number of furan rings is 1. The summed E-state index contributed by atoms with van der Waals surface area (Å²) in [6.45, 7) is 0. The van der Waals surface area contributed by atoms with E-state index in [1.54, 1.807) is 0 Å². The lowest BCUT2D eigenvalue weighted by molar-refractivity contribution is 0.598. The van der Waals surface area contributed by atoms with Gasteiger partial charge in [-0.2, -0.15) is 0 Å². The quantitative estimate of drug-likeness (QED) is 0.169. The molecule has 0 radical (unpaired) electrons. The van der Waals surface area contributed by atoms with E-state index in [1.807, 2.05) is 12.1 Å². The zero-order valence-electron chi connectivity index (χ0n) is 17.0. The molecule has 0 aliphatic rings. The van der Waals surface area contributed by atoms with Crippen LogP contribution in [0, 0.1) is 0 Å². The summed E-state index contributed by atoms with van der Waals surface area (Å²) in [6, 6.07) is 40.2. The molecule has 0 saturated carbocycles. The Balaban J connectivity index is 1.70. The minimum Gasteiger partial charge on any atom is -0.455 e. The molecule has 2 heteroatoms.